The Morgan fingerprint density at radius 1 is 1.02 bits per heavy atom. The molecule has 0 unspecified atom stereocenters. The summed E-state index contributed by atoms with van der Waals surface area (Å²) in [7, 11) is 1.61. The van der Waals surface area contributed by atoms with E-state index in [1.54, 1.807) is 19.2 Å². The second-order valence-electron chi connectivity index (χ2n) is 12.6. The number of rotatable bonds is 9. The number of carboxylic acid groups (broad SMARTS) is 1. The van der Waals surface area contributed by atoms with Crippen molar-refractivity contribution in [3.05, 3.63) is 88.7 Å². The van der Waals surface area contributed by atoms with Gasteiger partial charge in [0.05, 0.1) is 13.0 Å². The van der Waals surface area contributed by atoms with E-state index in [0.717, 1.165) is 66.5 Å². The maximum Gasteiger partial charge on any atom is 0.306 e. The van der Waals surface area contributed by atoms with Gasteiger partial charge >= 0.3 is 5.97 Å². The zero-order valence-electron chi connectivity index (χ0n) is 24.4. The highest BCUT2D eigenvalue weighted by Crippen LogP contribution is 2.52. The Kier molecular flexibility index (Phi) is 7.17. The Balaban J connectivity index is 1.38. The third kappa shape index (κ3) is 5.16. The van der Waals surface area contributed by atoms with Gasteiger partial charge in [-0.1, -0.05) is 51.1 Å². The van der Waals surface area contributed by atoms with Crippen LogP contribution in [0, 0.1) is 23.1 Å². The van der Waals surface area contributed by atoms with Crippen LogP contribution in [-0.2, 0) is 11.2 Å². The summed E-state index contributed by atoms with van der Waals surface area (Å²) in [4.78, 5) is 11.9. The quantitative estimate of drug-likeness (QED) is 0.287. The maximum absolute atomic E-state index is 15.3. The molecular weight excluding hydrogens is 515 g/mol. The van der Waals surface area contributed by atoms with Crippen molar-refractivity contribution in [2.24, 2.45) is 17.3 Å². The monoisotopic (exact) mass is 554 g/mol. The van der Waals surface area contributed by atoms with Crippen LogP contribution in [0.25, 0.3) is 16.7 Å². The molecule has 0 aliphatic heterocycles. The number of carboxylic acids is 1. The molecule has 4 nitrogen and oxygen atoms in total. The third-order valence-corrected chi connectivity index (χ3v) is 9.51. The van der Waals surface area contributed by atoms with Gasteiger partial charge in [0.2, 0.25) is 0 Å². The maximum atomic E-state index is 15.3. The summed E-state index contributed by atoms with van der Waals surface area (Å²) in [5, 5.41) is 9.74. The first-order valence-corrected chi connectivity index (χ1v) is 14.9. The van der Waals surface area contributed by atoms with Crippen LogP contribution in [0.1, 0.15) is 87.2 Å². The Morgan fingerprint density at radius 2 is 1.83 bits per heavy atom. The molecule has 3 atom stereocenters. The molecule has 1 N–H and O–H groups in total. The average Bonchev–Trinajstić information content (AvgIpc) is 3.60. The molecule has 0 saturated heterocycles. The van der Waals surface area contributed by atoms with Gasteiger partial charge in [-0.15, -0.1) is 0 Å². The van der Waals surface area contributed by atoms with E-state index in [0.29, 0.717) is 17.2 Å². The van der Waals surface area contributed by atoms with Crippen molar-refractivity contribution in [2.45, 2.75) is 71.3 Å². The highest BCUT2D eigenvalue weighted by Gasteiger charge is 2.39. The van der Waals surface area contributed by atoms with E-state index in [2.05, 4.69) is 32.1 Å². The molecule has 0 radical (unpaired) electrons. The number of hydrogen-bond acceptors (Lipinski definition) is 3. The number of hydrogen-bond donors (Lipinski definition) is 1. The molecule has 3 aromatic rings. The van der Waals surface area contributed by atoms with Crippen LogP contribution < -0.4 is 9.47 Å². The SMILES string of the molecule is COc1ccc(F)c(-c2ccc3c(c2C2=CCCC2(C)C)CC[C@H]3Oc2cccc([C@H](C3CC3)[C@H](C)C(=O)O)c2)c1. The summed E-state index contributed by atoms with van der Waals surface area (Å²) in [5.74, 6) is 0.374. The van der Waals surface area contributed by atoms with E-state index < -0.39 is 11.9 Å². The predicted octanol–water partition coefficient (Wildman–Crippen LogP) is 8.99. The van der Waals surface area contributed by atoms with Crippen molar-refractivity contribution in [3.8, 4) is 22.6 Å². The Labute approximate surface area is 242 Å². The average molecular weight is 555 g/mol. The van der Waals surface area contributed by atoms with Crippen LogP contribution in [0.3, 0.4) is 0 Å². The molecule has 3 aliphatic rings. The van der Waals surface area contributed by atoms with Gasteiger partial charge in [-0.2, -0.15) is 0 Å². The van der Waals surface area contributed by atoms with Crippen molar-refractivity contribution in [3.63, 3.8) is 0 Å². The molecule has 0 heterocycles. The van der Waals surface area contributed by atoms with E-state index in [1.165, 1.54) is 17.2 Å². The number of halogens is 1. The molecule has 214 valence electrons. The summed E-state index contributed by atoms with van der Waals surface area (Å²) in [5.41, 5.74) is 7.30. The molecule has 0 bridgehead atoms. The van der Waals surface area contributed by atoms with Crippen LogP contribution in [-0.4, -0.2) is 18.2 Å². The summed E-state index contributed by atoms with van der Waals surface area (Å²) in [6.07, 6.45) is 8.12. The van der Waals surface area contributed by atoms with E-state index >= 15 is 4.39 Å². The minimum Gasteiger partial charge on any atom is -0.497 e. The summed E-state index contributed by atoms with van der Waals surface area (Å²) in [6, 6.07) is 17.1. The second-order valence-corrected chi connectivity index (χ2v) is 12.6. The zero-order chi connectivity index (χ0) is 28.9. The largest absolute Gasteiger partial charge is 0.497 e. The Bertz CT molecular complexity index is 1520. The number of methoxy groups -OCH3 is 1. The van der Waals surface area contributed by atoms with Gasteiger partial charge in [0.15, 0.2) is 0 Å². The fourth-order valence-electron chi connectivity index (χ4n) is 7.12. The van der Waals surface area contributed by atoms with Crippen LogP contribution in [0.5, 0.6) is 11.5 Å². The first-order chi connectivity index (χ1) is 19.7. The van der Waals surface area contributed by atoms with Gasteiger partial charge in [-0.3, -0.25) is 4.79 Å². The number of benzene rings is 3. The second kappa shape index (κ2) is 10.7. The highest BCUT2D eigenvalue weighted by molar-refractivity contribution is 5.87. The summed E-state index contributed by atoms with van der Waals surface area (Å²) < 4.78 is 27.4. The normalized spacial score (nSPS) is 20.7. The smallest absolute Gasteiger partial charge is 0.306 e. The zero-order valence-corrected chi connectivity index (χ0v) is 24.4. The minimum absolute atomic E-state index is 0.00429. The van der Waals surface area contributed by atoms with Crippen molar-refractivity contribution >= 4 is 11.5 Å². The number of carbonyl (C=O) groups is 1. The predicted molar refractivity (Wildman–Crippen MR) is 160 cm³/mol. The van der Waals surface area contributed by atoms with E-state index in [9.17, 15) is 9.90 Å². The van der Waals surface area contributed by atoms with Gasteiger partial charge in [-0.25, -0.2) is 4.39 Å². The van der Waals surface area contributed by atoms with Crippen LogP contribution in [0.2, 0.25) is 0 Å². The minimum atomic E-state index is -0.752. The first-order valence-electron chi connectivity index (χ1n) is 14.9. The summed E-state index contributed by atoms with van der Waals surface area (Å²) in [6.45, 7) is 6.37. The van der Waals surface area contributed by atoms with E-state index in [4.69, 9.17) is 9.47 Å². The molecule has 1 saturated carbocycles. The molecule has 3 aliphatic carbocycles. The van der Waals surface area contributed by atoms with Gasteiger partial charge in [-0.05, 0) is 119 Å². The molecule has 0 aromatic heterocycles. The van der Waals surface area contributed by atoms with Crippen molar-refractivity contribution < 1.29 is 23.8 Å². The molecule has 0 spiro atoms. The van der Waals surface area contributed by atoms with E-state index in [-0.39, 0.29) is 23.3 Å². The lowest BCUT2D eigenvalue weighted by Gasteiger charge is -2.27. The first kappa shape index (κ1) is 27.6. The number of ether oxygens (including phenoxy) is 2. The number of aliphatic carboxylic acids is 1. The topological polar surface area (TPSA) is 55.8 Å². The lowest BCUT2D eigenvalue weighted by Crippen LogP contribution is -2.20. The highest BCUT2D eigenvalue weighted by atomic mass is 19.1. The van der Waals surface area contributed by atoms with Gasteiger partial charge in [0, 0.05) is 5.56 Å². The van der Waals surface area contributed by atoms with E-state index in [1.807, 2.05) is 31.2 Å². The Morgan fingerprint density at radius 3 is 2.51 bits per heavy atom. The lowest BCUT2D eigenvalue weighted by molar-refractivity contribution is -0.142. The van der Waals surface area contributed by atoms with Crippen LogP contribution >= 0.6 is 0 Å². The van der Waals surface area contributed by atoms with Gasteiger partial charge in [0.1, 0.15) is 23.4 Å². The Hall–Kier alpha value is -3.60. The van der Waals surface area contributed by atoms with Gasteiger partial charge < -0.3 is 14.6 Å². The number of fused-ring (bicyclic) bond motifs is 1. The lowest BCUT2D eigenvalue weighted by atomic mass is 9.77. The van der Waals surface area contributed by atoms with Crippen LogP contribution in [0.4, 0.5) is 4.39 Å². The van der Waals surface area contributed by atoms with Gasteiger partial charge in [0.25, 0.3) is 0 Å². The molecular formula is C36H39FO4. The van der Waals surface area contributed by atoms with Crippen LogP contribution in [0.15, 0.2) is 60.7 Å². The fourth-order valence-corrected chi connectivity index (χ4v) is 7.12. The molecule has 3 aromatic carbocycles. The summed E-state index contributed by atoms with van der Waals surface area (Å²) >= 11 is 0. The molecule has 6 rings (SSSR count). The molecule has 0 amide bonds. The molecule has 5 heteroatoms. The standard InChI is InChI=1S/C36H39FO4/c1-21(35(38)39)33(22-10-11-22)23-7-5-8-25(19-23)41-32-17-15-27-26(32)13-14-28(29-20-24(40-4)12-16-31(29)37)34(27)30-9-6-18-36(30,2)3/h5,7-9,12-14,16,19-22,32-33H,6,10-11,15,17-18H2,1-4H3,(H,38,39)/t21-,32+,33-/m0/s1. The fraction of sp³-hybridized carbons (Fsp3) is 0.417. The molecule has 1 fully saturated rings. The van der Waals surface area contributed by atoms with Crippen molar-refractivity contribution in [1.29, 1.82) is 0 Å². The third-order valence-electron chi connectivity index (χ3n) is 9.51. The molecule has 41 heavy (non-hydrogen) atoms. The van der Waals surface area contributed by atoms with Crippen molar-refractivity contribution in [2.75, 3.05) is 7.11 Å². The van der Waals surface area contributed by atoms with Crippen molar-refractivity contribution in [1.82, 2.24) is 0 Å². The number of allylic oxidation sites excluding steroid dienone is 2.